The highest BCUT2D eigenvalue weighted by Gasteiger charge is 2.21. The summed E-state index contributed by atoms with van der Waals surface area (Å²) >= 11 is 2.72. The smallest absolute Gasteiger partial charge is 0.332 e. The number of anilines is 1. The molecule has 0 aliphatic rings. The number of aromatic nitrogens is 4. The van der Waals surface area contributed by atoms with Gasteiger partial charge in [0.1, 0.15) is 27.6 Å². The van der Waals surface area contributed by atoms with Crippen molar-refractivity contribution in [2.75, 3.05) is 11.5 Å². The van der Waals surface area contributed by atoms with Crippen molar-refractivity contribution < 1.29 is 4.79 Å². The quantitative estimate of drug-likeness (QED) is 0.288. The highest BCUT2D eigenvalue weighted by molar-refractivity contribution is 8.00. The molecule has 0 radical (unpaired) electrons. The lowest BCUT2D eigenvalue weighted by atomic mass is 10.1. The summed E-state index contributed by atoms with van der Waals surface area (Å²) in [5.41, 5.74) is 6.45. The molecule has 8 nitrogen and oxygen atoms in total. The number of carbonyl (C=O) groups is 1. The Morgan fingerprint density at radius 1 is 1.13 bits per heavy atom. The van der Waals surface area contributed by atoms with Crippen molar-refractivity contribution in [2.45, 2.75) is 5.03 Å². The van der Waals surface area contributed by atoms with Crippen molar-refractivity contribution in [1.82, 2.24) is 19.1 Å². The van der Waals surface area contributed by atoms with Gasteiger partial charge in [-0.25, -0.2) is 14.8 Å². The van der Waals surface area contributed by atoms with Gasteiger partial charge in [0.2, 0.25) is 0 Å². The summed E-state index contributed by atoms with van der Waals surface area (Å²) in [6, 6.07) is 9.86. The molecule has 3 heterocycles. The number of Topliss-reactive ketones (excluding diaryl/α,β-unsaturated/α-hetero) is 1. The lowest BCUT2D eigenvalue weighted by Crippen LogP contribution is -2.41. The van der Waals surface area contributed by atoms with E-state index in [0.717, 1.165) is 30.5 Å². The molecule has 0 fully saturated rings. The summed E-state index contributed by atoms with van der Waals surface area (Å²) in [5, 5.41) is 3.53. The van der Waals surface area contributed by atoms with Gasteiger partial charge in [-0.3, -0.25) is 18.7 Å². The van der Waals surface area contributed by atoms with E-state index in [1.54, 1.807) is 0 Å². The zero-order valence-corrected chi connectivity index (χ0v) is 17.8. The Morgan fingerprint density at radius 2 is 1.87 bits per heavy atom. The van der Waals surface area contributed by atoms with E-state index in [-0.39, 0.29) is 17.1 Å². The average molecular weight is 440 g/mol. The van der Waals surface area contributed by atoms with Crippen LogP contribution in [-0.4, -0.2) is 30.6 Å². The zero-order chi connectivity index (χ0) is 21.4. The molecule has 0 amide bonds. The standard InChI is InChI=1S/C20H17N5O3S2/c1-24-16(21)15(19(27)25(2)20(24)28)13(26)9-30-18-14-12(11-6-4-3-5-7-11)8-29-17(14)22-10-23-18/h3-8,10H,9,21H2,1-2H3. The normalized spacial score (nSPS) is 11.1. The number of hydrogen-bond acceptors (Lipinski definition) is 8. The monoisotopic (exact) mass is 439 g/mol. The fourth-order valence-corrected chi connectivity index (χ4v) is 4.98. The SMILES string of the molecule is Cn1c(N)c(C(=O)CSc2ncnc3scc(-c4ccccc4)c23)c(=O)n(C)c1=O. The lowest BCUT2D eigenvalue weighted by Gasteiger charge is -2.10. The Hall–Kier alpha value is -3.24. The van der Waals surface area contributed by atoms with E-state index in [0.29, 0.717) is 5.03 Å². The van der Waals surface area contributed by atoms with Crippen LogP contribution < -0.4 is 17.0 Å². The first-order valence-electron chi connectivity index (χ1n) is 8.89. The van der Waals surface area contributed by atoms with E-state index in [2.05, 4.69) is 9.97 Å². The fourth-order valence-electron chi connectivity index (χ4n) is 3.12. The Balaban J connectivity index is 1.70. The molecule has 1 aromatic carbocycles. The molecule has 0 spiro atoms. The summed E-state index contributed by atoms with van der Waals surface area (Å²) in [6.45, 7) is 0. The fraction of sp³-hybridized carbons (Fsp3) is 0.150. The van der Waals surface area contributed by atoms with Crippen molar-refractivity contribution in [3.8, 4) is 11.1 Å². The van der Waals surface area contributed by atoms with Crippen molar-refractivity contribution in [3.05, 3.63) is 68.4 Å². The molecule has 0 bridgehead atoms. The molecule has 3 aromatic heterocycles. The summed E-state index contributed by atoms with van der Waals surface area (Å²) in [4.78, 5) is 46.8. The van der Waals surface area contributed by atoms with E-state index in [1.807, 2.05) is 35.7 Å². The third-order valence-corrected chi connectivity index (χ3v) is 6.62. The van der Waals surface area contributed by atoms with Gasteiger partial charge in [-0.2, -0.15) is 0 Å². The molecule has 0 saturated carbocycles. The molecule has 0 atom stereocenters. The van der Waals surface area contributed by atoms with Crippen LogP contribution in [0, 0.1) is 0 Å². The van der Waals surface area contributed by atoms with Crippen LogP contribution in [0.15, 0.2) is 56.7 Å². The summed E-state index contributed by atoms with van der Waals surface area (Å²) < 4.78 is 1.97. The molecule has 4 aromatic rings. The van der Waals surface area contributed by atoms with Gasteiger partial charge in [-0.15, -0.1) is 11.3 Å². The number of hydrogen-bond donors (Lipinski definition) is 1. The number of nitrogens with two attached hydrogens (primary N) is 1. The minimum atomic E-state index is -0.699. The highest BCUT2D eigenvalue weighted by Crippen LogP contribution is 2.37. The van der Waals surface area contributed by atoms with Crippen LogP contribution in [0.4, 0.5) is 5.82 Å². The predicted molar refractivity (Wildman–Crippen MR) is 119 cm³/mol. The summed E-state index contributed by atoms with van der Waals surface area (Å²) in [6.07, 6.45) is 1.46. The molecule has 0 aliphatic heterocycles. The maximum atomic E-state index is 12.8. The number of ketones is 1. The van der Waals surface area contributed by atoms with Gasteiger partial charge in [-0.05, 0) is 5.56 Å². The van der Waals surface area contributed by atoms with Crippen molar-refractivity contribution >= 4 is 44.9 Å². The van der Waals surface area contributed by atoms with Crippen molar-refractivity contribution in [1.29, 1.82) is 0 Å². The number of benzene rings is 1. The minimum absolute atomic E-state index is 0.0478. The highest BCUT2D eigenvalue weighted by atomic mass is 32.2. The second kappa shape index (κ2) is 7.88. The Kier molecular flexibility index (Phi) is 5.27. The van der Waals surface area contributed by atoms with Gasteiger partial charge in [0.05, 0.1) is 11.1 Å². The first-order chi connectivity index (χ1) is 14.4. The van der Waals surface area contributed by atoms with Gasteiger partial charge in [0.15, 0.2) is 5.78 Å². The van der Waals surface area contributed by atoms with Gasteiger partial charge in [0, 0.05) is 25.0 Å². The molecular formula is C20H17N5O3S2. The van der Waals surface area contributed by atoms with Gasteiger partial charge >= 0.3 is 5.69 Å². The molecule has 0 aliphatic carbocycles. The van der Waals surface area contributed by atoms with Crippen LogP contribution in [0.5, 0.6) is 0 Å². The Morgan fingerprint density at radius 3 is 2.60 bits per heavy atom. The number of thiophene rings is 1. The van der Waals surface area contributed by atoms with E-state index in [1.165, 1.54) is 43.5 Å². The first kappa shape index (κ1) is 20.0. The molecule has 152 valence electrons. The summed E-state index contributed by atoms with van der Waals surface area (Å²) in [7, 11) is 2.74. The van der Waals surface area contributed by atoms with Gasteiger partial charge < -0.3 is 5.73 Å². The van der Waals surface area contributed by atoms with Gasteiger partial charge in [0.25, 0.3) is 5.56 Å². The topological polar surface area (TPSA) is 113 Å². The van der Waals surface area contributed by atoms with E-state index in [9.17, 15) is 14.4 Å². The number of nitrogens with zero attached hydrogens (tertiary/aromatic N) is 4. The average Bonchev–Trinajstić information content (AvgIpc) is 3.20. The molecular weight excluding hydrogens is 422 g/mol. The Labute approximate surface area is 179 Å². The van der Waals surface area contributed by atoms with Gasteiger partial charge in [-0.1, -0.05) is 42.1 Å². The number of carbonyl (C=O) groups excluding carboxylic acids is 1. The molecule has 0 unspecified atom stereocenters. The second-order valence-electron chi connectivity index (χ2n) is 6.55. The number of nitrogen functional groups attached to an aromatic ring is 1. The van der Waals surface area contributed by atoms with Crippen LogP contribution in [0.3, 0.4) is 0 Å². The van der Waals surface area contributed by atoms with Crippen molar-refractivity contribution in [3.63, 3.8) is 0 Å². The third kappa shape index (κ3) is 3.33. The largest absolute Gasteiger partial charge is 0.384 e. The molecule has 10 heteroatoms. The van der Waals surface area contributed by atoms with Crippen LogP contribution in [0.25, 0.3) is 21.3 Å². The molecule has 0 saturated heterocycles. The number of thioether (sulfide) groups is 1. The minimum Gasteiger partial charge on any atom is -0.384 e. The maximum Gasteiger partial charge on any atom is 0.332 e. The van der Waals surface area contributed by atoms with E-state index < -0.39 is 17.0 Å². The van der Waals surface area contributed by atoms with Crippen LogP contribution in [-0.2, 0) is 14.1 Å². The summed E-state index contributed by atoms with van der Waals surface area (Å²) in [5.74, 6) is -0.646. The first-order valence-corrected chi connectivity index (χ1v) is 10.8. The molecule has 30 heavy (non-hydrogen) atoms. The second-order valence-corrected chi connectivity index (χ2v) is 8.37. The maximum absolute atomic E-state index is 12.8. The number of fused-ring (bicyclic) bond motifs is 1. The van der Waals surface area contributed by atoms with Crippen molar-refractivity contribution in [2.24, 2.45) is 14.1 Å². The van der Waals surface area contributed by atoms with Crippen LogP contribution in [0.1, 0.15) is 10.4 Å². The van der Waals surface area contributed by atoms with E-state index in [4.69, 9.17) is 5.73 Å². The number of rotatable bonds is 5. The zero-order valence-electron chi connectivity index (χ0n) is 16.2. The lowest BCUT2D eigenvalue weighted by molar-refractivity contribution is 0.102. The van der Waals surface area contributed by atoms with E-state index >= 15 is 0 Å². The molecule has 2 N–H and O–H groups in total. The van der Waals surface area contributed by atoms with Crippen LogP contribution in [0.2, 0.25) is 0 Å². The Bertz CT molecular complexity index is 1390. The molecule has 4 rings (SSSR count). The third-order valence-electron chi connectivity index (χ3n) is 4.75. The van der Waals surface area contributed by atoms with Crippen LogP contribution >= 0.6 is 23.1 Å². The predicted octanol–water partition coefficient (Wildman–Crippen LogP) is 2.31.